The van der Waals surface area contributed by atoms with E-state index in [0.717, 1.165) is 55.3 Å². The molecule has 0 amide bonds. The molecule has 2 aromatic heterocycles. The van der Waals surface area contributed by atoms with Gasteiger partial charge in [0.2, 0.25) is 0 Å². The summed E-state index contributed by atoms with van der Waals surface area (Å²) in [6.45, 7) is 0. The molecule has 256 valence electrons. The van der Waals surface area contributed by atoms with E-state index in [0.29, 0.717) is 17.5 Å². The zero-order valence-electron chi connectivity index (χ0n) is 29.6. The molecule has 0 fully saturated rings. The molecule has 0 atom stereocenters. The van der Waals surface area contributed by atoms with E-state index in [1.54, 1.807) is 0 Å². The molecule has 2 heterocycles. The fourth-order valence-corrected chi connectivity index (χ4v) is 7.98. The zero-order chi connectivity index (χ0) is 36.3. The Bertz CT molecular complexity index is 3210. The van der Waals surface area contributed by atoms with Gasteiger partial charge in [0.25, 0.3) is 0 Å². The average molecular weight is 702 g/mol. The first kappa shape index (κ1) is 31.1. The summed E-state index contributed by atoms with van der Waals surface area (Å²) in [5.74, 6) is 1.83. The third-order valence-electron chi connectivity index (χ3n) is 10.7. The second-order valence-corrected chi connectivity index (χ2v) is 14.0. The largest absolute Gasteiger partial charge is 0.456 e. The van der Waals surface area contributed by atoms with Gasteiger partial charge in [-0.05, 0) is 84.9 Å². The first-order valence-corrected chi connectivity index (χ1v) is 18.5. The van der Waals surface area contributed by atoms with Crippen LogP contribution in [-0.4, -0.2) is 15.0 Å². The van der Waals surface area contributed by atoms with Crippen LogP contribution in [0.3, 0.4) is 0 Å². The predicted octanol–water partition coefficient (Wildman–Crippen LogP) is 13.6. The van der Waals surface area contributed by atoms with Gasteiger partial charge in [-0.25, -0.2) is 15.0 Å². The van der Waals surface area contributed by atoms with Crippen molar-refractivity contribution in [1.29, 1.82) is 0 Å². The van der Waals surface area contributed by atoms with E-state index in [9.17, 15) is 0 Å². The van der Waals surface area contributed by atoms with Gasteiger partial charge < -0.3 is 4.42 Å². The molecule has 9 aromatic carbocycles. The molecule has 4 nitrogen and oxygen atoms in total. The summed E-state index contributed by atoms with van der Waals surface area (Å²) >= 11 is 0. The molecule has 0 aliphatic heterocycles. The van der Waals surface area contributed by atoms with E-state index in [2.05, 4.69) is 146 Å². The van der Waals surface area contributed by atoms with Crippen LogP contribution in [0.5, 0.6) is 0 Å². The molecule has 0 unspecified atom stereocenters. The number of benzene rings is 9. The number of hydrogen-bond acceptors (Lipinski definition) is 4. The summed E-state index contributed by atoms with van der Waals surface area (Å²) in [5.41, 5.74) is 8.98. The zero-order valence-corrected chi connectivity index (χ0v) is 29.6. The minimum atomic E-state index is 0.592. The van der Waals surface area contributed by atoms with Crippen molar-refractivity contribution >= 4 is 54.3 Å². The highest BCUT2D eigenvalue weighted by molar-refractivity contribution is 6.25. The monoisotopic (exact) mass is 701 g/mol. The molecule has 11 aromatic rings. The fraction of sp³-hybridized carbons (Fsp3) is 0. The van der Waals surface area contributed by atoms with Gasteiger partial charge in [-0.2, -0.15) is 0 Å². The molecule has 0 aliphatic carbocycles. The lowest BCUT2D eigenvalue weighted by Crippen LogP contribution is -2.00. The third kappa shape index (κ3) is 5.34. The number of rotatable bonds is 5. The van der Waals surface area contributed by atoms with Crippen molar-refractivity contribution in [2.75, 3.05) is 0 Å². The molecule has 0 N–H and O–H groups in total. The molecular formula is C51H31N3O. The van der Waals surface area contributed by atoms with Crippen molar-refractivity contribution in [1.82, 2.24) is 15.0 Å². The second kappa shape index (κ2) is 12.6. The summed E-state index contributed by atoms with van der Waals surface area (Å²) in [4.78, 5) is 15.0. The summed E-state index contributed by atoms with van der Waals surface area (Å²) in [6.07, 6.45) is 0. The van der Waals surface area contributed by atoms with Crippen LogP contribution in [0.25, 0.3) is 111 Å². The van der Waals surface area contributed by atoms with Gasteiger partial charge in [0.1, 0.15) is 11.2 Å². The van der Waals surface area contributed by atoms with Crippen molar-refractivity contribution < 1.29 is 4.42 Å². The number of hydrogen-bond donors (Lipinski definition) is 0. The Balaban J connectivity index is 0.993. The van der Waals surface area contributed by atoms with Crippen LogP contribution < -0.4 is 0 Å². The molecular weight excluding hydrogens is 671 g/mol. The first-order valence-electron chi connectivity index (χ1n) is 18.5. The van der Waals surface area contributed by atoms with Crippen LogP contribution in [0.2, 0.25) is 0 Å². The van der Waals surface area contributed by atoms with E-state index in [1.165, 1.54) is 37.9 Å². The Morgan fingerprint density at radius 1 is 0.236 bits per heavy atom. The van der Waals surface area contributed by atoms with Gasteiger partial charge in [-0.3, -0.25) is 0 Å². The molecule has 0 saturated carbocycles. The van der Waals surface area contributed by atoms with Crippen LogP contribution in [0, 0.1) is 0 Å². The quantitative estimate of drug-likeness (QED) is 0.168. The van der Waals surface area contributed by atoms with Crippen LogP contribution in [0.4, 0.5) is 0 Å². The van der Waals surface area contributed by atoms with E-state index < -0.39 is 0 Å². The second-order valence-electron chi connectivity index (χ2n) is 14.0. The maximum atomic E-state index is 6.39. The molecule has 0 radical (unpaired) electrons. The Hall–Kier alpha value is -7.43. The Kier molecular flexibility index (Phi) is 7.14. The van der Waals surface area contributed by atoms with Gasteiger partial charge in [0.05, 0.1) is 0 Å². The molecule has 11 rings (SSSR count). The standard InChI is InChI=1S/C51H31N3O/c1-3-11-32(12-4-1)37-25-28-47-46(30-37)44-27-24-38(31-48(44)55-47)51-53-49(34-13-5-2-6-14-34)52-50(54-51)35-21-19-33(20-22-35)36-23-26-43-41-17-8-7-15-39(41)40-16-9-10-18-42(40)45(43)29-36/h1-31H. The van der Waals surface area contributed by atoms with E-state index in [1.807, 2.05) is 42.5 Å². The smallest absolute Gasteiger partial charge is 0.164 e. The van der Waals surface area contributed by atoms with E-state index in [4.69, 9.17) is 19.4 Å². The van der Waals surface area contributed by atoms with Gasteiger partial charge in [0.15, 0.2) is 17.5 Å². The number of fused-ring (bicyclic) bond motifs is 9. The van der Waals surface area contributed by atoms with Crippen molar-refractivity contribution in [3.05, 3.63) is 188 Å². The summed E-state index contributed by atoms with van der Waals surface area (Å²) in [7, 11) is 0. The lowest BCUT2D eigenvalue weighted by Gasteiger charge is -2.12. The van der Waals surface area contributed by atoms with Crippen LogP contribution in [0.15, 0.2) is 192 Å². The molecule has 0 spiro atoms. The number of nitrogens with zero attached hydrogens (tertiary/aromatic N) is 3. The third-order valence-corrected chi connectivity index (χ3v) is 10.7. The topological polar surface area (TPSA) is 51.8 Å². The normalized spacial score (nSPS) is 11.6. The summed E-state index contributed by atoms with van der Waals surface area (Å²) in [5, 5.41) is 9.74. The number of aromatic nitrogens is 3. The summed E-state index contributed by atoms with van der Waals surface area (Å²) < 4.78 is 6.39. The Morgan fingerprint density at radius 3 is 1.27 bits per heavy atom. The maximum absolute atomic E-state index is 6.39. The molecule has 0 aliphatic rings. The molecule has 0 saturated heterocycles. The number of furan rings is 1. The summed E-state index contributed by atoms with van der Waals surface area (Å²) in [6, 6.07) is 65.9. The van der Waals surface area contributed by atoms with Gasteiger partial charge in [-0.15, -0.1) is 0 Å². The minimum Gasteiger partial charge on any atom is -0.456 e. The van der Waals surface area contributed by atoms with Crippen molar-refractivity contribution in [3.63, 3.8) is 0 Å². The highest BCUT2D eigenvalue weighted by Gasteiger charge is 2.16. The first-order chi connectivity index (χ1) is 27.2. The van der Waals surface area contributed by atoms with Crippen molar-refractivity contribution in [3.8, 4) is 56.4 Å². The molecule has 55 heavy (non-hydrogen) atoms. The minimum absolute atomic E-state index is 0.592. The van der Waals surface area contributed by atoms with Crippen molar-refractivity contribution in [2.24, 2.45) is 0 Å². The van der Waals surface area contributed by atoms with Crippen LogP contribution in [-0.2, 0) is 0 Å². The molecule has 0 bridgehead atoms. The fourth-order valence-electron chi connectivity index (χ4n) is 7.98. The van der Waals surface area contributed by atoms with Crippen LogP contribution >= 0.6 is 0 Å². The highest BCUT2D eigenvalue weighted by Crippen LogP contribution is 2.38. The van der Waals surface area contributed by atoms with Crippen molar-refractivity contribution in [2.45, 2.75) is 0 Å². The average Bonchev–Trinajstić information content (AvgIpc) is 3.64. The Labute approximate surface area is 317 Å². The van der Waals surface area contributed by atoms with Crippen LogP contribution in [0.1, 0.15) is 0 Å². The highest BCUT2D eigenvalue weighted by atomic mass is 16.3. The van der Waals surface area contributed by atoms with E-state index in [-0.39, 0.29) is 0 Å². The SMILES string of the molecule is c1ccc(-c2ccc3oc4cc(-c5nc(-c6ccccc6)nc(-c6ccc(-c7ccc8c9ccccc9c9ccccc9c8c7)cc6)n5)ccc4c3c2)cc1. The van der Waals surface area contributed by atoms with E-state index >= 15 is 0 Å². The lowest BCUT2D eigenvalue weighted by molar-refractivity contribution is 0.669. The predicted molar refractivity (Wildman–Crippen MR) is 227 cm³/mol. The molecule has 4 heteroatoms. The lowest BCUT2D eigenvalue weighted by atomic mass is 9.92. The maximum Gasteiger partial charge on any atom is 0.164 e. The van der Waals surface area contributed by atoms with Gasteiger partial charge in [0, 0.05) is 27.5 Å². The van der Waals surface area contributed by atoms with Gasteiger partial charge in [-0.1, -0.05) is 158 Å². The Morgan fingerprint density at radius 2 is 0.636 bits per heavy atom. The van der Waals surface area contributed by atoms with Gasteiger partial charge >= 0.3 is 0 Å².